The zero-order chi connectivity index (χ0) is 14.7. The number of carbonyl (C=O) groups excluding carboxylic acids is 1. The Kier molecular flexibility index (Phi) is 3.83. The number of rotatable bonds is 4. The molecule has 5 heteroatoms. The smallest absolute Gasteiger partial charge is 0.230 e. The number of hydrogen-bond donors (Lipinski definition) is 1. The van der Waals surface area contributed by atoms with Gasteiger partial charge < -0.3 is 9.73 Å². The lowest BCUT2D eigenvalue weighted by Crippen LogP contribution is -2.14. The third-order valence-electron chi connectivity index (χ3n) is 3.04. The Hall–Kier alpha value is -2.40. The molecule has 0 aliphatic carbocycles. The number of benzene rings is 1. The molecule has 106 valence electrons. The summed E-state index contributed by atoms with van der Waals surface area (Å²) in [4.78, 5) is 17.1. The standard InChI is InChI=1S/C16H14N2O2S/c1-11-9-17-16(21-11)18-15(19)8-12-2-4-13(5-3-12)14-6-7-20-10-14/h2-7,9-10H,8H2,1H3,(H,17,18,19). The summed E-state index contributed by atoms with van der Waals surface area (Å²) in [5, 5.41) is 3.45. The SMILES string of the molecule is Cc1cnc(NC(=O)Cc2ccc(-c3ccoc3)cc2)s1. The van der Waals surface area contributed by atoms with Crippen molar-refractivity contribution < 1.29 is 9.21 Å². The maximum absolute atomic E-state index is 11.9. The van der Waals surface area contributed by atoms with Gasteiger partial charge in [-0.25, -0.2) is 4.98 Å². The predicted octanol–water partition coefficient (Wildman–Crippen LogP) is 3.89. The van der Waals surface area contributed by atoms with Crippen molar-refractivity contribution in [3.63, 3.8) is 0 Å². The Morgan fingerprint density at radius 1 is 1.24 bits per heavy atom. The summed E-state index contributed by atoms with van der Waals surface area (Å²) in [6.07, 6.45) is 5.43. The predicted molar refractivity (Wildman–Crippen MR) is 83.3 cm³/mol. The zero-order valence-electron chi connectivity index (χ0n) is 11.5. The molecule has 0 aliphatic rings. The van der Waals surface area contributed by atoms with Crippen LogP contribution in [0.2, 0.25) is 0 Å². The number of amides is 1. The molecular weight excluding hydrogens is 284 g/mol. The van der Waals surface area contributed by atoms with Crippen LogP contribution in [0.3, 0.4) is 0 Å². The van der Waals surface area contributed by atoms with Gasteiger partial charge in [0.1, 0.15) is 0 Å². The Balaban J connectivity index is 1.63. The maximum atomic E-state index is 11.9. The second-order valence-corrected chi connectivity index (χ2v) is 5.94. The van der Waals surface area contributed by atoms with Gasteiger partial charge in [0.05, 0.1) is 18.9 Å². The first-order valence-electron chi connectivity index (χ1n) is 6.54. The van der Waals surface area contributed by atoms with Crippen molar-refractivity contribution in [1.29, 1.82) is 0 Å². The van der Waals surface area contributed by atoms with Crippen LogP contribution in [-0.2, 0) is 11.2 Å². The van der Waals surface area contributed by atoms with Crippen LogP contribution in [0.15, 0.2) is 53.5 Å². The number of hydrogen-bond acceptors (Lipinski definition) is 4. The molecule has 0 fully saturated rings. The second kappa shape index (κ2) is 5.93. The van der Waals surface area contributed by atoms with Gasteiger partial charge in [-0.15, -0.1) is 11.3 Å². The van der Waals surface area contributed by atoms with Gasteiger partial charge in [-0.1, -0.05) is 24.3 Å². The first-order chi connectivity index (χ1) is 10.2. The molecule has 0 saturated heterocycles. The minimum absolute atomic E-state index is 0.0552. The van der Waals surface area contributed by atoms with Crippen LogP contribution in [0, 0.1) is 6.92 Å². The molecule has 0 radical (unpaired) electrons. The fraction of sp³-hybridized carbons (Fsp3) is 0.125. The summed E-state index contributed by atoms with van der Waals surface area (Å²) < 4.78 is 5.06. The molecule has 21 heavy (non-hydrogen) atoms. The lowest BCUT2D eigenvalue weighted by Gasteiger charge is -2.03. The third-order valence-corrected chi connectivity index (χ3v) is 3.87. The van der Waals surface area contributed by atoms with Gasteiger partial charge in [0, 0.05) is 16.6 Å². The molecule has 0 bridgehead atoms. The molecule has 3 rings (SSSR count). The van der Waals surface area contributed by atoms with Gasteiger partial charge in [0.25, 0.3) is 0 Å². The van der Waals surface area contributed by atoms with Crippen molar-refractivity contribution in [3.05, 3.63) is 59.5 Å². The van der Waals surface area contributed by atoms with Crippen LogP contribution in [-0.4, -0.2) is 10.9 Å². The van der Waals surface area contributed by atoms with Crippen molar-refractivity contribution in [2.75, 3.05) is 5.32 Å². The van der Waals surface area contributed by atoms with Crippen LogP contribution in [0.25, 0.3) is 11.1 Å². The quantitative estimate of drug-likeness (QED) is 0.795. The normalized spacial score (nSPS) is 10.5. The van der Waals surface area contributed by atoms with E-state index in [0.717, 1.165) is 21.6 Å². The molecule has 0 saturated carbocycles. The molecule has 1 N–H and O–H groups in total. The van der Waals surface area contributed by atoms with E-state index in [1.165, 1.54) is 11.3 Å². The highest BCUT2D eigenvalue weighted by Crippen LogP contribution is 2.21. The average molecular weight is 298 g/mol. The first kappa shape index (κ1) is 13.6. The Morgan fingerprint density at radius 2 is 2.05 bits per heavy atom. The molecule has 1 amide bonds. The summed E-state index contributed by atoms with van der Waals surface area (Å²) in [5.74, 6) is -0.0552. The summed E-state index contributed by atoms with van der Waals surface area (Å²) in [6.45, 7) is 1.96. The number of aromatic nitrogens is 1. The van der Waals surface area contributed by atoms with E-state index in [1.807, 2.05) is 37.3 Å². The summed E-state index contributed by atoms with van der Waals surface area (Å²) in [5.41, 5.74) is 3.07. The minimum atomic E-state index is -0.0552. The number of thiazole rings is 1. The lowest BCUT2D eigenvalue weighted by atomic mass is 10.1. The molecule has 2 aromatic heterocycles. The van der Waals surface area contributed by atoms with Gasteiger partial charge in [0.2, 0.25) is 5.91 Å². The molecule has 0 atom stereocenters. The van der Waals surface area contributed by atoms with Crippen molar-refractivity contribution >= 4 is 22.4 Å². The van der Waals surface area contributed by atoms with Gasteiger partial charge >= 0.3 is 0 Å². The van der Waals surface area contributed by atoms with Crippen molar-refractivity contribution in [2.24, 2.45) is 0 Å². The molecule has 2 heterocycles. The first-order valence-corrected chi connectivity index (χ1v) is 7.36. The number of nitrogens with zero attached hydrogens (tertiary/aromatic N) is 1. The molecule has 0 aliphatic heterocycles. The van der Waals surface area contributed by atoms with E-state index in [1.54, 1.807) is 18.7 Å². The highest BCUT2D eigenvalue weighted by Gasteiger charge is 2.07. The van der Waals surface area contributed by atoms with Crippen LogP contribution in [0.1, 0.15) is 10.4 Å². The highest BCUT2D eigenvalue weighted by atomic mass is 32.1. The molecule has 0 spiro atoms. The highest BCUT2D eigenvalue weighted by molar-refractivity contribution is 7.15. The van der Waals surface area contributed by atoms with Gasteiger partial charge in [-0.3, -0.25) is 4.79 Å². The average Bonchev–Trinajstić information content (AvgIpc) is 3.11. The van der Waals surface area contributed by atoms with E-state index in [-0.39, 0.29) is 5.91 Å². The van der Waals surface area contributed by atoms with Gasteiger partial charge in [0.15, 0.2) is 5.13 Å². The fourth-order valence-corrected chi connectivity index (χ4v) is 2.69. The number of aryl methyl sites for hydroxylation is 1. The van der Waals surface area contributed by atoms with Crippen molar-refractivity contribution in [1.82, 2.24) is 4.98 Å². The third kappa shape index (κ3) is 3.38. The zero-order valence-corrected chi connectivity index (χ0v) is 12.3. The van der Waals surface area contributed by atoms with Crippen LogP contribution >= 0.6 is 11.3 Å². The van der Waals surface area contributed by atoms with E-state index in [2.05, 4.69) is 10.3 Å². The number of anilines is 1. The molecular formula is C16H14N2O2S. The monoisotopic (exact) mass is 298 g/mol. The van der Waals surface area contributed by atoms with E-state index < -0.39 is 0 Å². The van der Waals surface area contributed by atoms with Crippen molar-refractivity contribution in [3.8, 4) is 11.1 Å². The van der Waals surface area contributed by atoms with E-state index in [0.29, 0.717) is 11.6 Å². The van der Waals surface area contributed by atoms with E-state index in [9.17, 15) is 4.79 Å². The summed E-state index contributed by atoms with van der Waals surface area (Å²) in [7, 11) is 0. The second-order valence-electron chi connectivity index (χ2n) is 4.71. The van der Waals surface area contributed by atoms with Crippen molar-refractivity contribution in [2.45, 2.75) is 13.3 Å². The summed E-state index contributed by atoms with van der Waals surface area (Å²) in [6, 6.07) is 9.79. The minimum Gasteiger partial charge on any atom is -0.472 e. The molecule has 1 aromatic carbocycles. The Labute approximate surface area is 126 Å². The number of furan rings is 1. The van der Waals surface area contributed by atoms with E-state index in [4.69, 9.17) is 4.42 Å². The van der Waals surface area contributed by atoms with Gasteiger partial charge in [-0.2, -0.15) is 0 Å². The van der Waals surface area contributed by atoms with E-state index >= 15 is 0 Å². The number of nitrogens with one attached hydrogen (secondary N) is 1. The van der Waals surface area contributed by atoms with Crippen LogP contribution < -0.4 is 5.32 Å². The topological polar surface area (TPSA) is 55.1 Å². The number of carbonyl (C=O) groups is 1. The lowest BCUT2D eigenvalue weighted by molar-refractivity contribution is -0.115. The Morgan fingerprint density at radius 3 is 2.67 bits per heavy atom. The molecule has 3 aromatic rings. The van der Waals surface area contributed by atoms with Gasteiger partial charge in [-0.05, 0) is 24.1 Å². The largest absolute Gasteiger partial charge is 0.472 e. The van der Waals surface area contributed by atoms with Crippen LogP contribution in [0.4, 0.5) is 5.13 Å². The fourth-order valence-electron chi connectivity index (χ4n) is 2.01. The molecule has 0 unspecified atom stereocenters. The molecule has 4 nitrogen and oxygen atoms in total. The van der Waals surface area contributed by atoms with Crippen LogP contribution in [0.5, 0.6) is 0 Å². The Bertz CT molecular complexity index is 730. The summed E-state index contributed by atoms with van der Waals surface area (Å²) >= 11 is 1.47. The maximum Gasteiger partial charge on any atom is 0.230 e.